The highest BCUT2D eigenvalue weighted by Gasteiger charge is 2.26. The minimum atomic E-state index is -3.52. The largest absolute Gasteiger partial charge is 0.379 e. The Kier molecular flexibility index (Phi) is 5.38. The molecular formula is C19H21N5O3S. The van der Waals surface area contributed by atoms with Crippen LogP contribution in [-0.2, 0) is 21.3 Å². The monoisotopic (exact) mass is 399 g/mol. The molecule has 1 aromatic carbocycles. The first kappa shape index (κ1) is 18.6. The third-order valence-electron chi connectivity index (χ3n) is 4.47. The molecule has 1 fully saturated rings. The molecule has 1 saturated heterocycles. The lowest BCUT2D eigenvalue weighted by molar-refractivity contribution is 0.0730. The maximum atomic E-state index is 12.6. The second-order valence-corrected chi connectivity index (χ2v) is 8.32. The van der Waals surface area contributed by atoms with Crippen LogP contribution in [0.1, 0.15) is 5.56 Å². The average molecular weight is 399 g/mol. The van der Waals surface area contributed by atoms with Crippen LogP contribution in [0.4, 0.5) is 5.82 Å². The van der Waals surface area contributed by atoms with Gasteiger partial charge in [0.05, 0.1) is 25.1 Å². The summed E-state index contributed by atoms with van der Waals surface area (Å²) in [5.41, 5.74) is 1.99. The Morgan fingerprint density at radius 1 is 1.04 bits per heavy atom. The minimum Gasteiger partial charge on any atom is -0.379 e. The van der Waals surface area contributed by atoms with Crippen molar-refractivity contribution in [2.75, 3.05) is 31.6 Å². The van der Waals surface area contributed by atoms with E-state index in [2.05, 4.69) is 15.4 Å². The first-order valence-electron chi connectivity index (χ1n) is 9.00. The van der Waals surface area contributed by atoms with E-state index in [1.807, 2.05) is 41.2 Å². The van der Waals surface area contributed by atoms with Gasteiger partial charge in [0.15, 0.2) is 0 Å². The lowest BCUT2D eigenvalue weighted by atomic mass is 10.3. The number of sulfonamides is 1. The number of hydrogen-bond donors (Lipinski definition) is 1. The normalized spacial score (nSPS) is 15.4. The number of aromatic nitrogens is 3. The molecule has 1 N–H and O–H groups in total. The molecule has 2 aromatic heterocycles. The summed E-state index contributed by atoms with van der Waals surface area (Å²) in [7, 11) is -3.52. The molecule has 1 aliphatic rings. The van der Waals surface area contributed by atoms with E-state index < -0.39 is 10.0 Å². The number of nitrogens with zero attached hydrogens (tertiary/aromatic N) is 4. The van der Waals surface area contributed by atoms with Gasteiger partial charge in [-0.25, -0.2) is 18.1 Å². The Bertz CT molecular complexity index is 1010. The Morgan fingerprint density at radius 2 is 1.82 bits per heavy atom. The van der Waals surface area contributed by atoms with E-state index >= 15 is 0 Å². The second-order valence-electron chi connectivity index (χ2n) is 6.38. The molecule has 0 bridgehead atoms. The van der Waals surface area contributed by atoms with Gasteiger partial charge >= 0.3 is 0 Å². The lowest BCUT2D eigenvalue weighted by Gasteiger charge is -2.25. The molecule has 0 saturated carbocycles. The van der Waals surface area contributed by atoms with Gasteiger partial charge in [0.1, 0.15) is 10.7 Å². The number of morpholine rings is 1. The van der Waals surface area contributed by atoms with Crippen molar-refractivity contribution in [1.29, 1.82) is 0 Å². The average Bonchev–Trinajstić information content (AvgIpc) is 3.23. The summed E-state index contributed by atoms with van der Waals surface area (Å²) in [6.45, 7) is 2.11. The number of para-hydroxylation sites is 1. The highest BCUT2D eigenvalue weighted by molar-refractivity contribution is 7.89. The summed E-state index contributed by atoms with van der Waals surface area (Å²) in [5.74, 6) is 0.605. The third kappa shape index (κ3) is 4.06. The zero-order valence-electron chi connectivity index (χ0n) is 15.2. The second kappa shape index (κ2) is 8.09. The highest BCUT2D eigenvalue weighted by Crippen LogP contribution is 2.18. The topological polar surface area (TPSA) is 89.3 Å². The molecule has 0 spiro atoms. The van der Waals surface area contributed by atoms with Gasteiger partial charge in [-0.1, -0.05) is 18.2 Å². The van der Waals surface area contributed by atoms with E-state index in [4.69, 9.17) is 4.74 Å². The van der Waals surface area contributed by atoms with Crippen molar-refractivity contribution in [3.8, 4) is 5.69 Å². The SMILES string of the molecule is O=S(=O)(c1ccc(NCc2cnn(-c3ccccc3)c2)nc1)N1CCOCC1. The van der Waals surface area contributed by atoms with Crippen LogP contribution in [0.15, 0.2) is 66.0 Å². The quantitative estimate of drug-likeness (QED) is 0.681. The zero-order valence-corrected chi connectivity index (χ0v) is 16.0. The van der Waals surface area contributed by atoms with E-state index in [0.29, 0.717) is 38.7 Å². The molecule has 0 atom stereocenters. The number of benzene rings is 1. The Labute approximate surface area is 163 Å². The maximum absolute atomic E-state index is 12.6. The minimum absolute atomic E-state index is 0.192. The summed E-state index contributed by atoms with van der Waals surface area (Å²) >= 11 is 0. The molecule has 4 rings (SSSR count). The first-order valence-corrected chi connectivity index (χ1v) is 10.4. The molecule has 28 heavy (non-hydrogen) atoms. The van der Waals surface area contributed by atoms with E-state index in [0.717, 1.165) is 11.3 Å². The molecule has 8 nitrogen and oxygen atoms in total. The molecule has 3 heterocycles. The smallest absolute Gasteiger partial charge is 0.244 e. The van der Waals surface area contributed by atoms with Gasteiger partial charge in [-0.05, 0) is 24.3 Å². The van der Waals surface area contributed by atoms with Gasteiger partial charge in [-0.3, -0.25) is 0 Å². The molecule has 1 aliphatic heterocycles. The summed E-state index contributed by atoms with van der Waals surface area (Å²) in [4.78, 5) is 4.44. The van der Waals surface area contributed by atoms with Crippen molar-refractivity contribution >= 4 is 15.8 Å². The fourth-order valence-corrected chi connectivity index (χ4v) is 4.29. The predicted octanol–water partition coefficient (Wildman–Crippen LogP) is 1.90. The molecule has 0 unspecified atom stereocenters. The van der Waals surface area contributed by atoms with E-state index in [1.54, 1.807) is 18.3 Å². The van der Waals surface area contributed by atoms with Gasteiger partial charge in [0.25, 0.3) is 0 Å². The fraction of sp³-hybridized carbons (Fsp3) is 0.263. The van der Waals surface area contributed by atoms with Crippen molar-refractivity contribution in [1.82, 2.24) is 19.1 Å². The highest BCUT2D eigenvalue weighted by atomic mass is 32.2. The molecule has 0 aliphatic carbocycles. The van der Waals surface area contributed by atoms with Gasteiger partial charge in [-0.2, -0.15) is 9.40 Å². The zero-order chi connectivity index (χ0) is 19.4. The van der Waals surface area contributed by atoms with Crippen LogP contribution in [0, 0.1) is 0 Å². The van der Waals surface area contributed by atoms with Gasteiger partial charge < -0.3 is 10.1 Å². The third-order valence-corrected chi connectivity index (χ3v) is 6.36. The van der Waals surface area contributed by atoms with Gasteiger partial charge in [-0.15, -0.1) is 0 Å². The predicted molar refractivity (Wildman–Crippen MR) is 105 cm³/mol. The molecule has 3 aromatic rings. The summed E-state index contributed by atoms with van der Waals surface area (Å²) in [6.07, 6.45) is 5.12. The van der Waals surface area contributed by atoms with Crippen molar-refractivity contribution in [3.63, 3.8) is 0 Å². The number of hydrogen-bond acceptors (Lipinski definition) is 6. The first-order chi connectivity index (χ1) is 13.6. The van der Waals surface area contributed by atoms with E-state index in [9.17, 15) is 8.42 Å². The fourth-order valence-electron chi connectivity index (χ4n) is 2.94. The number of ether oxygens (including phenoxy) is 1. The summed E-state index contributed by atoms with van der Waals surface area (Å²) < 4.78 is 33.7. The number of nitrogens with one attached hydrogen (secondary N) is 1. The molecular weight excluding hydrogens is 378 g/mol. The van der Waals surface area contributed by atoms with E-state index in [1.165, 1.54) is 10.5 Å². The molecule has 0 amide bonds. The van der Waals surface area contributed by atoms with Crippen molar-refractivity contribution < 1.29 is 13.2 Å². The Morgan fingerprint density at radius 3 is 2.54 bits per heavy atom. The molecule has 0 radical (unpaired) electrons. The van der Waals surface area contributed by atoms with Crippen LogP contribution < -0.4 is 5.32 Å². The number of rotatable bonds is 6. The van der Waals surface area contributed by atoms with Crippen LogP contribution in [-0.4, -0.2) is 53.8 Å². The van der Waals surface area contributed by atoms with Crippen LogP contribution in [0.2, 0.25) is 0 Å². The van der Waals surface area contributed by atoms with Crippen LogP contribution in [0.5, 0.6) is 0 Å². The van der Waals surface area contributed by atoms with Gasteiger partial charge in [0.2, 0.25) is 10.0 Å². The Hall–Kier alpha value is -2.75. The van der Waals surface area contributed by atoms with Crippen molar-refractivity contribution in [3.05, 3.63) is 66.6 Å². The van der Waals surface area contributed by atoms with Crippen LogP contribution in [0.3, 0.4) is 0 Å². The summed E-state index contributed by atoms with van der Waals surface area (Å²) in [5, 5.41) is 7.55. The van der Waals surface area contributed by atoms with Crippen molar-refractivity contribution in [2.24, 2.45) is 0 Å². The van der Waals surface area contributed by atoms with Crippen LogP contribution in [0.25, 0.3) is 5.69 Å². The maximum Gasteiger partial charge on any atom is 0.244 e. The summed E-state index contributed by atoms with van der Waals surface area (Å²) in [6, 6.07) is 13.1. The van der Waals surface area contributed by atoms with Gasteiger partial charge in [0, 0.05) is 37.6 Å². The lowest BCUT2D eigenvalue weighted by Crippen LogP contribution is -2.40. The van der Waals surface area contributed by atoms with Crippen LogP contribution >= 0.6 is 0 Å². The van der Waals surface area contributed by atoms with E-state index in [-0.39, 0.29) is 4.90 Å². The molecule has 146 valence electrons. The standard InChI is InChI=1S/C19H21N5O3S/c25-28(26,23-8-10-27-11-9-23)18-6-7-19(21-14-18)20-12-16-13-22-24(15-16)17-4-2-1-3-5-17/h1-7,13-15H,8-12H2,(H,20,21). The molecule has 9 heteroatoms. The Balaban J connectivity index is 1.39. The van der Waals surface area contributed by atoms with Crippen molar-refractivity contribution in [2.45, 2.75) is 11.4 Å². The number of anilines is 1. The number of pyridine rings is 1.